The van der Waals surface area contributed by atoms with Gasteiger partial charge in [0, 0.05) is 16.6 Å². The number of halogens is 1. The van der Waals surface area contributed by atoms with Crippen molar-refractivity contribution < 1.29 is 9.59 Å². The van der Waals surface area contributed by atoms with Gasteiger partial charge in [-0.2, -0.15) is 0 Å². The van der Waals surface area contributed by atoms with Crippen LogP contribution in [0.4, 0.5) is 0 Å². The zero-order valence-corrected chi connectivity index (χ0v) is 13.8. The molecule has 0 bridgehead atoms. The molecular weight excluding hydrogens is 300 g/mol. The normalized spacial score (nSPS) is 22.7. The minimum absolute atomic E-state index is 0.124. The van der Waals surface area contributed by atoms with Gasteiger partial charge in [-0.15, -0.1) is 0 Å². The number of hydrogen-bond donors (Lipinski definition) is 2. The molecular formula is C17H23ClN2O2. The quantitative estimate of drug-likeness (QED) is 0.894. The van der Waals surface area contributed by atoms with E-state index in [9.17, 15) is 9.59 Å². The Kier molecular flexibility index (Phi) is 5.83. The van der Waals surface area contributed by atoms with Crippen molar-refractivity contribution in [1.82, 2.24) is 10.6 Å². The maximum absolute atomic E-state index is 12.2. The summed E-state index contributed by atoms with van der Waals surface area (Å²) >= 11 is 5.80. The Morgan fingerprint density at radius 2 is 1.82 bits per heavy atom. The Bertz CT molecular complexity index is 530. The molecule has 0 spiro atoms. The first-order valence-corrected chi connectivity index (χ1v) is 8.22. The van der Waals surface area contributed by atoms with Gasteiger partial charge in [-0.3, -0.25) is 9.59 Å². The minimum Gasteiger partial charge on any atom is -0.351 e. The van der Waals surface area contributed by atoms with Gasteiger partial charge in [-0.25, -0.2) is 0 Å². The monoisotopic (exact) mass is 322 g/mol. The molecule has 2 rings (SSSR count). The smallest absolute Gasteiger partial charge is 0.251 e. The van der Waals surface area contributed by atoms with Gasteiger partial charge in [0.1, 0.15) is 6.04 Å². The molecule has 1 aromatic rings. The van der Waals surface area contributed by atoms with Crippen LogP contribution in [0.5, 0.6) is 0 Å². The van der Waals surface area contributed by atoms with Crippen molar-refractivity contribution in [1.29, 1.82) is 0 Å². The minimum atomic E-state index is -0.558. The zero-order valence-electron chi connectivity index (χ0n) is 13.1. The molecule has 3 unspecified atom stereocenters. The Balaban J connectivity index is 1.87. The van der Waals surface area contributed by atoms with E-state index in [1.807, 2.05) is 0 Å². The van der Waals surface area contributed by atoms with E-state index in [4.69, 9.17) is 11.6 Å². The number of rotatable bonds is 4. The second-order valence-electron chi connectivity index (χ2n) is 6.08. The molecule has 0 saturated heterocycles. The van der Waals surface area contributed by atoms with E-state index in [2.05, 4.69) is 17.6 Å². The van der Waals surface area contributed by atoms with Gasteiger partial charge in [0.15, 0.2) is 0 Å². The van der Waals surface area contributed by atoms with Crippen molar-refractivity contribution in [2.45, 2.75) is 51.6 Å². The summed E-state index contributed by atoms with van der Waals surface area (Å²) < 4.78 is 0. The van der Waals surface area contributed by atoms with Crippen LogP contribution in [-0.2, 0) is 4.79 Å². The average Bonchev–Trinajstić information content (AvgIpc) is 2.50. The first-order valence-electron chi connectivity index (χ1n) is 7.84. The van der Waals surface area contributed by atoms with Crippen molar-refractivity contribution in [3.05, 3.63) is 34.9 Å². The molecule has 1 aliphatic rings. The Morgan fingerprint density at radius 1 is 1.18 bits per heavy atom. The molecule has 0 radical (unpaired) electrons. The van der Waals surface area contributed by atoms with E-state index < -0.39 is 6.04 Å². The number of hydrogen-bond acceptors (Lipinski definition) is 2. The summed E-state index contributed by atoms with van der Waals surface area (Å²) in [4.78, 5) is 24.3. The predicted octanol–water partition coefficient (Wildman–Crippen LogP) is 3.15. The summed E-state index contributed by atoms with van der Waals surface area (Å²) in [5.74, 6) is 0.105. The number of benzene rings is 1. The SMILES string of the molecule is CC(NC(=O)c1ccc(Cl)cc1)C(=O)NC1CCCCC1C. The molecule has 1 aliphatic carbocycles. The molecule has 120 valence electrons. The van der Waals surface area contributed by atoms with Crippen LogP contribution >= 0.6 is 11.6 Å². The predicted molar refractivity (Wildman–Crippen MR) is 87.9 cm³/mol. The highest BCUT2D eigenvalue weighted by Crippen LogP contribution is 2.23. The van der Waals surface area contributed by atoms with Crippen LogP contribution in [0, 0.1) is 5.92 Å². The fourth-order valence-electron chi connectivity index (χ4n) is 2.79. The van der Waals surface area contributed by atoms with E-state index in [1.54, 1.807) is 31.2 Å². The van der Waals surface area contributed by atoms with E-state index >= 15 is 0 Å². The van der Waals surface area contributed by atoms with Gasteiger partial charge in [0.05, 0.1) is 0 Å². The lowest BCUT2D eigenvalue weighted by Crippen LogP contribution is -2.50. The van der Waals surface area contributed by atoms with Crippen LogP contribution < -0.4 is 10.6 Å². The molecule has 4 nitrogen and oxygen atoms in total. The molecule has 0 heterocycles. The van der Waals surface area contributed by atoms with Crippen molar-refractivity contribution in [2.75, 3.05) is 0 Å². The first-order chi connectivity index (χ1) is 10.5. The summed E-state index contributed by atoms with van der Waals surface area (Å²) in [7, 11) is 0. The molecule has 0 aliphatic heterocycles. The highest BCUT2D eigenvalue weighted by atomic mass is 35.5. The maximum atomic E-state index is 12.2. The second-order valence-corrected chi connectivity index (χ2v) is 6.52. The fourth-order valence-corrected chi connectivity index (χ4v) is 2.91. The third-order valence-corrected chi connectivity index (χ3v) is 4.54. The van der Waals surface area contributed by atoms with Crippen LogP contribution in [0.3, 0.4) is 0 Å². The van der Waals surface area contributed by atoms with Gasteiger partial charge in [-0.1, -0.05) is 31.4 Å². The summed E-state index contributed by atoms with van der Waals surface area (Å²) in [5.41, 5.74) is 0.495. The van der Waals surface area contributed by atoms with Gasteiger partial charge >= 0.3 is 0 Å². The highest BCUT2D eigenvalue weighted by Gasteiger charge is 2.25. The van der Waals surface area contributed by atoms with E-state index in [0.29, 0.717) is 16.5 Å². The van der Waals surface area contributed by atoms with Gasteiger partial charge in [0.25, 0.3) is 5.91 Å². The number of carbonyl (C=O) groups is 2. The third kappa shape index (κ3) is 4.47. The molecule has 1 saturated carbocycles. The summed E-state index contributed by atoms with van der Waals surface area (Å²) in [6.07, 6.45) is 4.55. The zero-order chi connectivity index (χ0) is 16.1. The van der Waals surface area contributed by atoms with E-state index in [-0.39, 0.29) is 17.9 Å². The molecule has 0 aromatic heterocycles. The van der Waals surface area contributed by atoms with Crippen molar-refractivity contribution in [3.63, 3.8) is 0 Å². The van der Waals surface area contributed by atoms with Crippen LogP contribution in [0.15, 0.2) is 24.3 Å². The number of carbonyl (C=O) groups excluding carboxylic acids is 2. The lowest BCUT2D eigenvalue weighted by Gasteiger charge is -2.30. The third-order valence-electron chi connectivity index (χ3n) is 4.29. The molecule has 2 amide bonds. The Hall–Kier alpha value is -1.55. The molecule has 3 atom stereocenters. The molecule has 1 fully saturated rings. The average molecular weight is 323 g/mol. The highest BCUT2D eigenvalue weighted by molar-refractivity contribution is 6.30. The fraction of sp³-hybridized carbons (Fsp3) is 0.529. The maximum Gasteiger partial charge on any atom is 0.251 e. The van der Waals surface area contributed by atoms with Crippen LogP contribution in [0.1, 0.15) is 49.9 Å². The molecule has 2 N–H and O–H groups in total. The molecule has 22 heavy (non-hydrogen) atoms. The van der Waals surface area contributed by atoms with Crippen molar-refractivity contribution in [3.8, 4) is 0 Å². The van der Waals surface area contributed by atoms with Crippen molar-refractivity contribution in [2.24, 2.45) is 5.92 Å². The second kappa shape index (κ2) is 7.63. The number of amides is 2. The van der Waals surface area contributed by atoms with Gasteiger partial charge in [0.2, 0.25) is 5.91 Å². The lowest BCUT2D eigenvalue weighted by atomic mass is 9.86. The largest absolute Gasteiger partial charge is 0.351 e. The first kappa shape index (κ1) is 16.8. The summed E-state index contributed by atoms with van der Waals surface area (Å²) in [5, 5.41) is 6.36. The van der Waals surface area contributed by atoms with Gasteiger partial charge in [-0.05, 0) is 49.9 Å². The van der Waals surface area contributed by atoms with Crippen LogP contribution in [-0.4, -0.2) is 23.9 Å². The van der Waals surface area contributed by atoms with Crippen LogP contribution in [0.2, 0.25) is 5.02 Å². The Morgan fingerprint density at radius 3 is 2.45 bits per heavy atom. The van der Waals surface area contributed by atoms with E-state index in [1.165, 1.54) is 6.42 Å². The van der Waals surface area contributed by atoms with Crippen molar-refractivity contribution >= 4 is 23.4 Å². The summed E-state index contributed by atoms with van der Waals surface area (Å²) in [6, 6.07) is 6.26. The lowest BCUT2D eigenvalue weighted by molar-refractivity contribution is -0.123. The number of nitrogens with one attached hydrogen (secondary N) is 2. The van der Waals surface area contributed by atoms with Gasteiger partial charge < -0.3 is 10.6 Å². The summed E-state index contributed by atoms with van der Waals surface area (Å²) in [6.45, 7) is 3.87. The molecule has 1 aromatic carbocycles. The molecule has 5 heteroatoms. The standard InChI is InChI=1S/C17H23ClN2O2/c1-11-5-3-4-6-15(11)20-16(21)12(2)19-17(22)13-7-9-14(18)10-8-13/h7-12,15H,3-6H2,1-2H3,(H,19,22)(H,20,21). The van der Waals surface area contributed by atoms with Crippen LogP contribution in [0.25, 0.3) is 0 Å². The van der Waals surface area contributed by atoms with E-state index in [0.717, 1.165) is 19.3 Å². The topological polar surface area (TPSA) is 58.2 Å². The Labute approximate surface area is 136 Å².